The number of hydrogen-bond donors (Lipinski definition) is 3. The average Bonchev–Trinajstić information content (AvgIpc) is 3.52. The molecule has 5 atom stereocenters. The number of aliphatic hydroxyl groups is 1. The molecule has 0 saturated carbocycles. The molecule has 6 rings (SSSR count). The second-order valence-electron chi connectivity index (χ2n) is 11.2. The first-order chi connectivity index (χ1) is 19.7. The van der Waals surface area contributed by atoms with Gasteiger partial charge in [0, 0.05) is 11.1 Å². The molecule has 3 aliphatic rings. The normalized spacial score (nSPS) is 24.3. The minimum atomic E-state index is -1.58. The lowest BCUT2D eigenvalue weighted by Crippen LogP contribution is -2.74. The highest BCUT2D eigenvalue weighted by Crippen LogP contribution is 2.56. The number of β-lactam (4-membered cyclic amide) rings is 1. The molecule has 3 aromatic rings. The number of phenols is 1. The molecule has 3 amide bonds. The van der Waals surface area contributed by atoms with Gasteiger partial charge in [-0.15, -0.1) is 11.8 Å². The van der Waals surface area contributed by atoms with Crippen molar-refractivity contribution in [2.45, 2.75) is 62.2 Å². The highest BCUT2D eigenvalue weighted by Gasteiger charge is 2.67. The Labute approximate surface area is 243 Å². The van der Waals surface area contributed by atoms with Gasteiger partial charge >= 0.3 is 0 Å². The number of carbonyl (C=O) groups is 3. The Hall–Kier alpha value is -3.82. The summed E-state index contributed by atoms with van der Waals surface area (Å²) in [5.74, 6) is -0.942. The quantitative estimate of drug-likeness (QED) is 0.374. The largest absolute Gasteiger partial charge is 0.508 e. The Balaban J connectivity index is 1.23. The molecule has 0 spiro atoms. The summed E-state index contributed by atoms with van der Waals surface area (Å²) in [6.07, 6.45) is 0.397. The number of likely N-dealkylation sites (tertiary alicyclic amines) is 1. The first-order valence-electron chi connectivity index (χ1n) is 13.9. The molecule has 3 aromatic carbocycles. The fourth-order valence-electron chi connectivity index (χ4n) is 6.51. The zero-order chi connectivity index (χ0) is 28.9. The molecule has 1 unspecified atom stereocenters. The number of hydrogen-bond acceptors (Lipinski definition) is 6. The number of thioether (sulfide) groups is 1. The molecule has 1 aliphatic carbocycles. The summed E-state index contributed by atoms with van der Waals surface area (Å²) < 4.78 is 0. The van der Waals surface area contributed by atoms with Crippen LogP contribution in [0.4, 0.5) is 0 Å². The Bertz CT molecular complexity index is 1510. The molecule has 0 radical (unpaired) electrons. The predicted octanol–water partition coefficient (Wildman–Crippen LogP) is 3.55. The van der Waals surface area contributed by atoms with E-state index in [9.17, 15) is 24.6 Å². The molecular weight excluding hydrogens is 538 g/mol. The lowest BCUT2D eigenvalue weighted by atomic mass is 9.89. The van der Waals surface area contributed by atoms with Crippen molar-refractivity contribution in [1.82, 2.24) is 15.1 Å². The van der Waals surface area contributed by atoms with Crippen molar-refractivity contribution < 1.29 is 24.6 Å². The minimum Gasteiger partial charge on any atom is -0.508 e. The maximum Gasteiger partial charge on any atom is 0.255 e. The summed E-state index contributed by atoms with van der Waals surface area (Å²) >= 11 is 1.54. The van der Waals surface area contributed by atoms with Crippen LogP contribution in [0.5, 0.6) is 5.75 Å². The van der Waals surface area contributed by atoms with Gasteiger partial charge in [-0.1, -0.05) is 60.7 Å². The third kappa shape index (κ3) is 4.57. The van der Waals surface area contributed by atoms with Crippen LogP contribution in [0.25, 0.3) is 0 Å². The van der Waals surface area contributed by atoms with Gasteiger partial charge in [0.1, 0.15) is 16.7 Å². The third-order valence-electron chi connectivity index (χ3n) is 8.76. The zero-order valence-electron chi connectivity index (χ0n) is 23.0. The van der Waals surface area contributed by atoms with Crippen molar-refractivity contribution in [3.05, 3.63) is 101 Å². The van der Waals surface area contributed by atoms with Crippen LogP contribution < -0.4 is 5.32 Å². The summed E-state index contributed by atoms with van der Waals surface area (Å²) in [5.41, 5.74) is 3.92. The molecule has 9 heteroatoms. The topological polar surface area (TPSA) is 110 Å². The summed E-state index contributed by atoms with van der Waals surface area (Å²) in [7, 11) is 0. The second-order valence-corrected chi connectivity index (χ2v) is 12.5. The summed E-state index contributed by atoms with van der Waals surface area (Å²) in [4.78, 5) is 43.5. The molecule has 2 aliphatic heterocycles. The van der Waals surface area contributed by atoms with E-state index in [-0.39, 0.29) is 35.6 Å². The standard InChI is InChI=1S/C32H33N3O5S/c1-19-22(13-8-14-26(19)36)29(38)33-24(17-20-9-4-3-5-10-20)27(37)30(39)34-18-41-32(2)28(34)31(40)35(32)25-16-15-21-11-6-7-12-23(21)25/h3-14,24-25,27-28,36-37H,15-18H2,1-2H3,(H,33,38)/t24-,25+,27-,28+,32?/m0/s1. The highest BCUT2D eigenvalue weighted by atomic mass is 32.2. The lowest BCUT2D eigenvalue weighted by Gasteiger charge is -2.55. The van der Waals surface area contributed by atoms with Crippen molar-refractivity contribution >= 4 is 29.5 Å². The number of carbonyl (C=O) groups excluding carboxylic acids is 3. The van der Waals surface area contributed by atoms with Crippen molar-refractivity contribution in [2.75, 3.05) is 5.88 Å². The Morgan fingerprint density at radius 1 is 1.07 bits per heavy atom. The fraction of sp³-hybridized carbons (Fsp3) is 0.344. The summed E-state index contributed by atoms with van der Waals surface area (Å²) in [5, 5.41) is 24.4. The molecule has 3 N–H and O–H groups in total. The van der Waals surface area contributed by atoms with Crippen LogP contribution in [0.1, 0.15) is 52.0 Å². The number of fused-ring (bicyclic) bond motifs is 2. The summed E-state index contributed by atoms with van der Waals surface area (Å²) in [6, 6.07) is 20.5. The van der Waals surface area contributed by atoms with E-state index in [1.165, 1.54) is 33.9 Å². The van der Waals surface area contributed by atoms with Gasteiger partial charge in [-0.3, -0.25) is 14.4 Å². The maximum absolute atomic E-state index is 13.8. The molecule has 2 saturated heterocycles. The molecular formula is C32H33N3O5S. The number of nitrogens with zero attached hydrogens (tertiary/aromatic N) is 2. The van der Waals surface area contributed by atoms with E-state index in [1.54, 1.807) is 19.1 Å². The van der Waals surface area contributed by atoms with Crippen LogP contribution >= 0.6 is 11.8 Å². The number of nitrogens with one attached hydrogen (secondary N) is 1. The van der Waals surface area contributed by atoms with Crippen LogP contribution in [-0.4, -0.2) is 66.7 Å². The zero-order valence-corrected chi connectivity index (χ0v) is 23.8. The predicted molar refractivity (Wildman–Crippen MR) is 156 cm³/mol. The monoisotopic (exact) mass is 571 g/mol. The molecule has 41 heavy (non-hydrogen) atoms. The maximum atomic E-state index is 13.8. The Morgan fingerprint density at radius 3 is 2.59 bits per heavy atom. The van der Waals surface area contributed by atoms with Crippen LogP contribution in [0.3, 0.4) is 0 Å². The summed E-state index contributed by atoms with van der Waals surface area (Å²) in [6.45, 7) is 3.63. The van der Waals surface area contributed by atoms with Crippen LogP contribution in [0.15, 0.2) is 72.8 Å². The van der Waals surface area contributed by atoms with Crippen molar-refractivity contribution in [2.24, 2.45) is 0 Å². The van der Waals surface area contributed by atoms with Crippen molar-refractivity contribution in [1.29, 1.82) is 0 Å². The van der Waals surface area contributed by atoms with Gasteiger partial charge in [-0.25, -0.2) is 0 Å². The van der Waals surface area contributed by atoms with E-state index in [2.05, 4.69) is 17.4 Å². The number of phenolic OH excluding ortho intramolecular Hbond substituents is 1. The Kier molecular flexibility index (Phi) is 7.03. The van der Waals surface area contributed by atoms with E-state index in [1.807, 2.05) is 54.3 Å². The van der Waals surface area contributed by atoms with Crippen molar-refractivity contribution in [3.8, 4) is 5.75 Å². The van der Waals surface area contributed by atoms with Gasteiger partial charge in [-0.05, 0) is 61.9 Å². The molecule has 8 nitrogen and oxygen atoms in total. The van der Waals surface area contributed by atoms with Gasteiger partial charge in [0.15, 0.2) is 6.10 Å². The first-order valence-corrected chi connectivity index (χ1v) is 14.9. The number of aliphatic hydroxyl groups excluding tert-OH is 1. The van der Waals surface area contributed by atoms with Gasteiger partial charge in [0.2, 0.25) is 5.91 Å². The number of rotatable bonds is 7. The lowest BCUT2D eigenvalue weighted by molar-refractivity contribution is -0.171. The number of amides is 3. The van der Waals surface area contributed by atoms with E-state index in [0.717, 1.165) is 18.4 Å². The third-order valence-corrected chi connectivity index (χ3v) is 10.2. The van der Waals surface area contributed by atoms with Crippen LogP contribution in [-0.2, 0) is 22.4 Å². The van der Waals surface area contributed by atoms with E-state index >= 15 is 0 Å². The number of aromatic hydroxyl groups is 1. The second kappa shape index (κ2) is 10.5. The molecule has 0 aromatic heterocycles. The highest BCUT2D eigenvalue weighted by molar-refractivity contribution is 8.01. The fourth-order valence-corrected chi connectivity index (χ4v) is 7.93. The molecule has 0 bridgehead atoms. The number of aryl methyl sites for hydroxylation is 1. The average molecular weight is 572 g/mol. The smallest absolute Gasteiger partial charge is 0.255 e. The molecule has 2 heterocycles. The first kappa shape index (κ1) is 27.4. The molecule has 212 valence electrons. The number of benzene rings is 3. The van der Waals surface area contributed by atoms with Crippen molar-refractivity contribution in [3.63, 3.8) is 0 Å². The Morgan fingerprint density at radius 2 is 1.80 bits per heavy atom. The van der Waals surface area contributed by atoms with Gasteiger partial charge in [0.05, 0.1) is 18.0 Å². The SMILES string of the molecule is Cc1c(O)cccc1C(=O)N[C@@H](Cc1ccccc1)[C@H](O)C(=O)N1CSC2(C)[C@H]1C(=O)N2[C@@H]1CCc2ccccc21. The van der Waals surface area contributed by atoms with E-state index < -0.39 is 34.9 Å². The van der Waals surface area contributed by atoms with E-state index in [0.29, 0.717) is 5.56 Å². The van der Waals surface area contributed by atoms with Gasteiger partial charge in [-0.2, -0.15) is 0 Å². The van der Waals surface area contributed by atoms with Gasteiger partial charge in [0.25, 0.3) is 11.8 Å². The van der Waals surface area contributed by atoms with Crippen LogP contribution in [0.2, 0.25) is 0 Å². The molecule has 2 fully saturated rings. The minimum absolute atomic E-state index is 0.0137. The van der Waals surface area contributed by atoms with Crippen LogP contribution in [0, 0.1) is 6.92 Å². The van der Waals surface area contributed by atoms with E-state index in [4.69, 9.17) is 0 Å². The van der Waals surface area contributed by atoms with Gasteiger partial charge < -0.3 is 25.3 Å².